The van der Waals surface area contributed by atoms with Crippen LogP contribution in [0.1, 0.15) is 110 Å². The summed E-state index contributed by atoms with van der Waals surface area (Å²) in [5, 5.41) is 8.14. The number of hydrogen-bond donors (Lipinski definition) is 1. The second kappa shape index (κ2) is 17.6. The maximum Gasteiger partial charge on any atom is 0.511 e. The van der Waals surface area contributed by atoms with Crippen molar-refractivity contribution in [1.29, 1.82) is 0 Å². The Kier molecular flexibility index (Phi) is 15.4. The molecular weight excluding hydrogens is 348 g/mol. The highest BCUT2D eigenvalue weighted by Gasteiger charge is 2.15. The minimum Gasteiger partial charge on any atom is -0.449 e. The molecule has 0 unspecified atom stereocenters. The second-order valence-corrected chi connectivity index (χ2v) is 8.16. The largest absolute Gasteiger partial charge is 0.511 e. The zero-order valence-electron chi connectivity index (χ0n) is 18.0. The first-order chi connectivity index (χ1) is 13.7. The molecule has 2 rings (SSSR count). The van der Waals surface area contributed by atoms with Gasteiger partial charge in [-0.25, -0.2) is 4.79 Å². The Balaban J connectivity index is 0.000000330. The minimum absolute atomic E-state index is 0.343. The topological polar surface area (TPSA) is 46.5 Å². The fraction of sp³-hybridized carbons (Fsp3) is 0.720. The summed E-state index contributed by atoms with van der Waals surface area (Å²) in [5.41, 5.74) is 0. The quantitative estimate of drug-likeness (QED) is 0.196. The minimum atomic E-state index is -1.29. The molecule has 0 amide bonds. The predicted octanol–water partition coefficient (Wildman–Crippen LogP) is 8.62. The third-order valence-electron chi connectivity index (χ3n) is 5.64. The lowest BCUT2D eigenvalue weighted by Gasteiger charge is -2.24. The number of carbonyl (C=O) groups is 1. The van der Waals surface area contributed by atoms with Gasteiger partial charge in [0.1, 0.15) is 5.75 Å². The van der Waals surface area contributed by atoms with Crippen LogP contribution in [0.4, 0.5) is 4.79 Å². The Labute approximate surface area is 172 Å². The van der Waals surface area contributed by atoms with Gasteiger partial charge in [-0.05, 0) is 18.1 Å². The fourth-order valence-corrected chi connectivity index (χ4v) is 3.64. The van der Waals surface area contributed by atoms with Crippen molar-refractivity contribution in [2.24, 2.45) is 5.92 Å². The van der Waals surface area contributed by atoms with Crippen LogP contribution in [0.5, 0.6) is 5.75 Å². The zero-order chi connectivity index (χ0) is 20.3. The van der Waals surface area contributed by atoms with E-state index >= 15 is 0 Å². The number of benzene rings is 1. The molecule has 1 aromatic rings. The van der Waals surface area contributed by atoms with Crippen LogP contribution >= 0.6 is 0 Å². The molecular formula is C25H42O3. The van der Waals surface area contributed by atoms with E-state index in [9.17, 15) is 4.79 Å². The van der Waals surface area contributed by atoms with Gasteiger partial charge in [-0.15, -0.1) is 0 Å². The summed E-state index contributed by atoms with van der Waals surface area (Å²) in [4.78, 5) is 9.95. The molecule has 3 heteroatoms. The normalized spacial score (nSPS) is 13.3. The first kappa shape index (κ1) is 24.5. The lowest BCUT2D eigenvalue weighted by Crippen LogP contribution is -2.10. The van der Waals surface area contributed by atoms with E-state index in [0.717, 1.165) is 5.92 Å². The molecule has 1 aliphatic carbocycles. The smallest absolute Gasteiger partial charge is 0.449 e. The van der Waals surface area contributed by atoms with Crippen LogP contribution in [0, 0.1) is 5.92 Å². The molecule has 0 aromatic heterocycles. The second-order valence-electron chi connectivity index (χ2n) is 8.16. The van der Waals surface area contributed by atoms with Crippen molar-refractivity contribution in [3.8, 4) is 5.75 Å². The van der Waals surface area contributed by atoms with Gasteiger partial charge in [0.15, 0.2) is 0 Å². The number of para-hydroxylation sites is 1. The first-order valence-corrected chi connectivity index (χ1v) is 11.7. The third kappa shape index (κ3) is 14.5. The van der Waals surface area contributed by atoms with Crippen LogP contribution in [0.2, 0.25) is 0 Å². The maximum atomic E-state index is 9.95. The molecule has 0 radical (unpaired) electrons. The van der Waals surface area contributed by atoms with Crippen LogP contribution in [0.25, 0.3) is 0 Å². The highest BCUT2D eigenvalue weighted by Crippen LogP contribution is 2.31. The molecule has 1 aliphatic rings. The molecule has 0 saturated heterocycles. The standard InChI is InChI=1S/C18H36.C7H6O3/c1-2-3-4-5-6-7-8-9-10-11-12-13-15-18-16-14-17-18;8-7(9)10-6-4-2-1-3-5-6/h18H,2-17H2,1H3;1-5H,(H,8,9). The van der Waals surface area contributed by atoms with Crippen molar-refractivity contribution in [3.05, 3.63) is 30.3 Å². The van der Waals surface area contributed by atoms with Gasteiger partial charge in [-0.1, -0.05) is 128 Å². The highest BCUT2D eigenvalue weighted by atomic mass is 16.7. The lowest BCUT2D eigenvalue weighted by molar-refractivity contribution is 0.144. The van der Waals surface area contributed by atoms with Gasteiger partial charge >= 0.3 is 6.16 Å². The monoisotopic (exact) mass is 390 g/mol. The first-order valence-electron chi connectivity index (χ1n) is 11.7. The van der Waals surface area contributed by atoms with Crippen molar-refractivity contribution >= 4 is 6.16 Å². The SMILES string of the molecule is CCCCCCCCCCCCCCC1CCC1.O=C(O)Oc1ccccc1. The van der Waals surface area contributed by atoms with Crippen molar-refractivity contribution < 1.29 is 14.6 Å². The van der Waals surface area contributed by atoms with E-state index < -0.39 is 6.16 Å². The van der Waals surface area contributed by atoms with E-state index in [1.54, 1.807) is 30.3 Å². The Bertz CT molecular complexity index is 468. The van der Waals surface area contributed by atoms with E-state index in [4.69, 9.17) is 5.11 Å². The van der Waals surface area contributed by atoms with Crippen molar-refractivity contribution in [2.45, 2.75) is 110 Å². The average molecular weight is 391 g/mol. The summed E-state index contributed by atoms with van der Waals surface area (Å²) in [6.45, 7) is 2.30. The van der Waals surface area contributed by atoms with Crippen LogP contribution in [0.15, 0.2) is 30.3 Å². The average Bonchev–Trinajstić information content (AvgIpc) is 2.65. The number of hydrogen-bond acceptors (Lipinski definition) is 2. The highest BCUT2D eigenvalue weighted by molar-refractivity contribution is 5.60. The van der Waals surface area contributed by atoms with E-state index in [0.29, 0.717) is 5.75 Å². The van der Waals surface area contributed by atoms with Gasteiger partial charge in [0.2, 0.25) is 0 Å². The van der Waals surface area contributed by atoms with Crippen LogP contribution in [0.3, 0.4) is 0 Å². The van der Waals surface area contributed by atoms with Crippen LogP contribution < -0.4 is 4.74 Å². The summed E-state index contributed by atoms with van der Waals surface area (Å²) in [5.74, 6) is 1.48. The maximum absolute atomic E-state index is 9.95. The molecule has 160 valence electrons. The van der Waals surface area contributed by atoms with Gasteiger partial charge in [0.25, 0.3) is 0 Å². The Morgan fingerprint density at radius 2 is 1.36 bits per heavy atom. The van der Waals surface area contributed by atoms with Gasteiger partial charge < -0.3 is 9.84 Å². The summed E-state index contributed by atoms with van der Waals surface area (Å²) < 4.78 is 4.33. The van der Waals surface area contributed by atoms with Crippen molar-refractivity contribution in [3.63, 3.8) is 0 Å². The molecule has 0 atom stereocenters. The van der Waals surface area contributed by atoms with Crippen LogP contribution in [-0.2, 0) is 0 Å². The number of ether oxygens (including phenoxy) is 1. The molecule has 0 heterocycles. The van der Waals surface area contributed by atoms with Gasteiger partial charge in [-0.3, -0.25) is 0 Å². The van der Waals surface area contributed by atoms with E-state index in [1.165, 1.54) is 103 Å². The molecule has 1 N–H and O–H groups in total. The van der Waals surface area contributed by atoms with Crippen LogP contribution in [-0.4, -0.2) is 11.3 Å². The predicted molar refractivity (Wildman–Crippen MR) is 118 cm³/mol. The molecule has 0 bridgehead atoms. The summed E-state index contributed by atoms with van der Waals surface area (Å²) in [6, 6.07) is 8.35. The molecule has 1 saturated carbocycles. The molecule has 3 nitrogen and oxygen atoms in total. The number of unbranched alkanes of at least 4 members (excludes halogenated alkanes) is 11. The fourth-order valence-electron chi connectivity index (χ4n) is 3.64. The number of rotatable bonds is 14. The Morgan fingerprint density at radius 3 is 1.79 bits per heavy atom. The Morgan fingerprint density at radius 1 is 0.857 bits per heavy atom. The van der Waals surface area contributed by atoms with Crippen molar-refractivity contribution in [2.75, 3.05) is 0 Å². The van der Waals surface area contributed by atoms with Gasteiger partial charge in [-0.2, -0.15) is 0 Å². The number of carboxylic acid groups (broad SMARTS) is 1. The van der Waals surface area contributed by atoms with E-state index in [2.05, 4.69) is 11.7 Å². The summed E-state index contributed by atoms with van der Waals surface area (Å²) >= 11 is 0. The molecule has 1 aromatic carbocycles. The lowest BCUT2D eigenvalue weighted by atomic mass is 9.81. The molecule has 0 spiro atoms. The zero-order valence-corrected chi connectivity index (χ0v) is 18.0. The van der Waals surface area contributed by atoms with Gasteiger partial charge in [0.05, 0.1) is 0 Å². The molecule has 28 heavy (non-hydrogen) atoms. The van der Waals surface area contributed by atoms with E-state index in [-0.39, 0.29) is 0 Å². The van der Waals surface area contributed by atoms with E-state index in [1.807, 2.05) is 0 Å². The summed E-state index contributed by atoms with van der Waals surface area (Å²) in [6.07, 6.45) is 22.6. The molecule has 1 fully saturated rings. The summed E-state index contributed by atoms with van der Waals surface area (Å²) in [7, 11) is 0. The molecule has 0 aliphatic heterocycles. The Hall–Kier alpha value is -1.51. The third-order valence-corrected chi connectivity index (χ3v) is 5.64. The van der Waals surface area contributed by atoms with Crippen molar-refractivity contribution in [1.82, 2.24) is 0 Å². The van der Waals surface area contributed by atoms with Gasteiger partial charge in [0, 0.05) is 0 Å².